The Balaban J connectivity index is 1.28. The number of carbonyl (C=O) groups is 1. The smallest absolute Gasteiger partial charge is 0.152 e. The number of benzene rings is 2. The summed E-state index contributed by atoms with van der Waals surface area (Å²) in [6.07, 6.45) is 4.88. The third kappa shape index (κ3) is 5.43. The Hall–Kier alpha value is -2.14. The van der Waals surface area contributed by atoms with E-state index in [-0.39, 0.29) is 22.8 Å². The molecule has 0 spiro atoms. The average molecular weight is 454 g/mol. The first-order valence-corrected chi connectivity index (χ1v) is 13.7. The number of anilines is 1. The molecule has 1 fully saturated rings. The number of fused-ring (bicyclic) bond motifs is 1. The molecule has 32 heavy (non-hydrogen) atoms. The summed E-state index contributed by atoms with van der Waals surface area (Å²) in [6.45, 7) is 5.45. The maximum Gasteiger partial charge on any atom is 0.152 e. The number of sulfone groups is 1. The number of hydrogen-bond donors (Lipinski definition) is 0. The van der Waals surface area contributed by atoms with E-state index in [4.69, 9.17) is 0 Å². The lowest BCUT2D eigenvalue weighted by molar-refractivity contribution is -0.123. The van der Waals surface area contributed by atoms with Crippen molar-refractivity contribution in [3.8, 4) is 0 Å². The summed E-state index contributed by atoms with van der Waals surface area (Å²) in [5.41, 5.74) is 5.13. The van der Waals surface area contributed by atoms with Crippen LogP contribution in [0.5, 0.6) is 0 Å². The largest absolute Gasteiger partial charge is 0.367 e. The molecule has 1 heterocycles. The number of ketones is 1. The first-order valence-electron chi connectivity index (χ1n) is 12.0. The van der Waals surface area contributed by atoms with Gasteiger partial charge in [-0.25, -0.2) is 8.42 Å². The summed E-state index contributed by atoms with van der Waals surface area (Å²) in [5.74, 6) is 0.857. The maximum atomic E-state index is 12.9. The van der Waals surface area contributed by atoms with E-state index in [0.717, 1.165) is 50.8 Å². The highest BCUT2D eigenvalue weighted by Gasteiger charge is 2.30. The van der Waals surface area contributed by atoms with Gasteiger partial charge in [-0.05, 0) is 80.7 Å². The van der Waals surface area contributed by atoms with Crippen LogP contribution >= 0.6 is 0 Å². The van der Waals surface area contributed by atoms with Gasteiger partial charge in [0.1, 0.15) is 5.78 Å². The van der Waals surface area contributed by atoms with Gasteiger partial charge in [-0.3, -0.25) is 4.79 Å². The third-order valence-corrected chi connectivity index (χ3v) is 9.67. The molecule has 172 valence electrons. The highest BCUT2D eigenvalue weighted by Crippen LogP contribution is 2.32. The molecule has 0 atom stereocenters. The molecule has 4 nitrogen and oxygen atoms in total. The molecule has 4 rings (SSSR count). The minimum Gasteiger partial charge on any atom is -0.367 e. The van der Waals surface area contributed by atoms with E-state index in [1.54, 1.807) is 13.8 Å². The van der Waals surface area contributed by atoms with Crippen molar-refractivity contribution in [2.45, 2.75) is 64.2 Å². The molecule has 0 aromatic heterocycles. The SMILES string of the molecule is CC(C)S(=O)(=O)CC1CCC(C(=O)Cc2ccc(N3CCc4ccccc4C3)cc2)CC1. The van der Waals surface area contributed by atoms with E-state index >= 15 is 0 Å². The normalized spacial score (nSPS) is 21.4. The molecule has 0 saturated heterocycles. The van der Waals surface area contributed by atoms with Crippen molar-refractivity contribution in [3.05, 3.63) is 65.2 Å². The van der Waals surface area contributed by atoms with Gasteiger partial charge in [-0.2, -0.15) is 0 Å². The fourth-order valence-corrected chi connectivity index (χ4v) is 6.43. The van der Waals surface area contributed by atoms with Crippen molar-refractivity contribution in [3.63, 3.8) is 0 Å². The fraction of sp³-hybridized carbons (Fsp3) is 0.519. The number of Topliss-reactive ketones (excluding diaryl/α,β-unsaturated/α-hetero) is 1. The standard InChI is InChI=1S/C27H35NO3S/c1-20(2)32(30,31)19-22-7-11-24(12-8-22)27(29)17-21-9-13-26(14-10-21)28-16-15-23-5-3-4-6-25(23)18-28/h3-6,9-10,13-14,20,22,24H,7-8,11-12,15-19H2,1-2H3. The minimum atomic E-state index is -3.00. The topological polar surface area (TPSA) is 54.5 Å². The second-order valence-corrected chi connectivity index (χ2v) is 12.4. The summed E-state index contributed by atoms with van der Waals surface area (Å²) in [4.78, 5) is 15.3. The van der Waals surface area contributed by atoms with Gasteiger partial charge in [-0.1, -0.05) is 36.4 Å². The molecule has 2 aromatic carbocycles. The van der Waals surface area contributed by atoms with Crippen molar-refractivity contribution in [2.24, 2.45) is 11.8 Å². The van der Waals surface area contributed by atoms with Crippen molar-refractivity contribution in [1.29, 1.82) is 0 Å². The molecular weight excluding hydrogens is 418 g/mol. The molecule has 0 N–H and O–H groups in total. The molecule has 0 amide bonds. The quantitative estimate of drug-likeness (QED) is 0.593. The van der Waals surface area contributed by atoms with Gasteiger partial charge in [0, 0.05) is 31.1 Å². The summed E-state index contributed by atoms with van der Waals surface area (Å²) >= 11 is 0. The Kier molecular flexibility index (Phi) is 7.04. The first kappa shape index (κ1) is 23.0. The maximum absolute atomic E-state index is 12.9. The monoisotopic (exact) mass is 453 g/mol. The van der Waals surface area contributed by atoms with Crippen LogP contribution in [-0.4, -0.2) is 31.7 Å². The van der Waals surface area contributed by atoms with Gasteiger partial charge in [0.25, 0.3) is 0 Å². The van der Waals surface area contributed by atoms with Crippen molar-refractivity contribution < 1.29 is 13.2 Å². The van der Waals surface area contributed by atoms with Gasteiger partial charge < -0.3 is 4.90 Å². The van der Waals surface area contributed by atoms with Crippen LogP contribution in [-0.2, 0) is 34.0 Å². The molecule has 1 saturated carbocycles. The fourth-order valence-electron chi connectivity index (χ4n) is 5.06. The van der Waals surface area contributed by atoms with Crippen LogP contribution in [0.3, 0.4) is 0 Å². The van der Waals surface area contributed by atoms with Gasteiger partial charge in [0.2, 0.25) is 0 Å². The third-order valence-electron chi connectivity index (χ3n) is 7.30. The van der Waals surface area contributed by atoms with Gasteiger partial charge in [0.15, 0.2) is 9.84 Å². The molecule has 0 radical (unpaired) electrons. The van der Waals surface area contributed by atoms with Crippen LogP contribution < -0.4 is 4.90 Å². The number of nitrogens with zero attached hydrogens (tertiary/aromatic N) is 1. The molecule has 2 aromatic rings. The zero-order chi connectivity index (χ0) is 22.7. The van der Waals surface area contributed by atoms with Crippen LogP contribution in [0.25, 0.3) is 0 Å². The predicted molar refractivity (Wildman–Crippen MR) is 131 cm³/mol. The predicted octanol–water partition coefficient (Wildman–Crippen LogP) is 4.99. The highest BCUT2D eigenvalue weighted by atomic mass is 32.2. The molecule has 1 aliphatic carbocycles. The second-order valence-electron chi connectivity index (χ2n) is 9.85. The van der Waals surface area contributed by atoms with Gasteiger partial charge in [0.05, 0.1) is 11.0 Å². The number of hydrogen-bond acceptors (Lipinski definition) is 4. The summed E-state index contributed by atoms with van der Waals surface area (Å²) < 4.78 is 24.4. The van der Waals surface area contributed by atoms with Crippen LogP contribution in [0.15, 0.2) is 48.5 Å². The Bertz CT molecular complexity index is 1030. The molecule has 1 aliphatic heterocycles. The van der Waals surface area contributed by atoms with Gasteiger partial charge in [-0.15, -0.1) is 0 Å². The van der Waals surface area contributed by atoms with E-state index in [2.05, 4.69) is 53.4 Å². The highest BCUT2D eigenvalue weighted by molar-refractivity contribution is 7.91. The van der Waals surface area contributed by atoms with Crippen molar-refractivity contribution in [1.82, 2.24) is 0 Å². The van der Waals surface area contributed by atoms with Crippen LogP contribution in [0, 0.1) is 11.8 Å². The first-order chi connectivity index (χ1) is 15.3. The van der Waals surface area contributed by atoms with Crippen molar-refractivity contribution in [2.75, 3.05) is 17.2 Å². The molecule has 5 heteroatoms. The lowest BCUT2D eigenvalue weighted by Crippen LogP contribution is -2.30. The van der Waals surface area contributed by atoms with E-state index < -0.39 is 9.84 Å². The zero-order valence-electron chi connectivity index (χ0n) is 19.3. The Morgan fingerprint density at radius 2 is 1.62 bits per heavy atom. The Morgan fingerprint density at radius 1 is 0.969 bits per heavy atom. The lowest BCUT2D eigenvalue weighted by atomic mass is 9.79. The molecule has 0 unspecified atom stereocenters. The average Bonchev–Trinajstić information content (AvgIpc) is 2.79. The van der Waals surface area contributed by atoms with E-state index in [1.807, 2.05) is 0 Å². The van der Waals surface area contributed by atoms with Crippen LogP contribution in [0.2, 0.25) is 0 Å². The minimum absolute atomic E-state index is 0.0753. The van der Waals surface area contributed by atoms with Crippen molar-refractivity contribution >= 4 is 21.3 Å². The summed E-state index contributed by atoms with van der Waals surface area (Å²) in [5, 5.41) is -0.315. The lowest BCUT2D eigenvalue weighted by Gasteiger charge is -2.31. The Labute approximate surface area is 192 Å². The van der Waals surface area contributed by atoms with E-state index in [1.165, 1.54) is 16.8 Å². The summed E-state index contributed by atoms with van der Waals surface area (Å²) in [6, 6.07) is 17.1. The van der Waals surface area contributed by atoms with E-state index in [0.29, 0.717) is 12.2 Å². The summed E-state index contributed by atoms with van der Waals surface area (Å²) in [7, 11) is -3.00. The number of carbonyl (C=O) groups excluding carboxylic acids is 1. The molecule has 0 bridgehead atoms. The van der Waals surface area contributed by atoms with Crippen LogP contribution in [0.1, 0.15) is 56.2 Å². The number of rotatable bonds is 7. The second kappa shape index (κ2) is 9.78. The Morgan fingerprint density at radius 3 is 2.28 bits per heavy atom. The van der Waals surface area contributed by atoms with E-state index in [9.17, 15) is 13.2 Å². The molecule has 2 aliphatic rings. The van der Waals surface area contributed by atoms with Gasteiger partial charge >= 0.3 is 0 Å². The van der Waals surface area contributed by atoms with Crippen LogP contribution in [0.4, 0.5) is 5.69 Å². The zero-order valence-corrected chi connectivity index (χ0v) is 20.1. The molecular formula is C27H35NO3S.